The number of benzene rings is 8. The average molecular weight is 741 g/mol. The van der Waals surface area contributed by atoms with Crippen LogP contribution in [0.2, 0.25) is 0 Å². The van der Waals surface area contributed by atoms with E-state index in [4.69, 9.17) is 14.4 Å². The normalized spacial score (nSPS) is 14.9. The zero-order valence-corrected chi connectivity index (χ0v) is 31.7. The Morgan fingerprint density at radius 2 is 0.983 bits per heavy atom. The molecule has 2 aliphatic carbocycles. The minimum absolute atomic E-state index is 0.430. The van der Waals surface area contributed by atoms with Crippen LogP contribution in [-0.2, 0) is 5.41 Å². The quantitative estimate of drug-likeness (QED) is 0.177. The van der Waals surface area contributed by atoms with Gasteiger partial charge in [-0.1, -0.05) is 158 Å². The first-order valence-electron chi connectivity index (χ1n) is 20.1. The van der Waals surface area contributed by atoms with Crippen molar-refractivity contribution in [2.45, 2.75) is 18.3 Å². The second-order valence-corrected chi connectivity index (χ2v) is 15.5. The van der Waals surface area contributed by atoms with Gasteiger partial charge in [0.2, 0.25) is 0 Å². The maximum atomic E-state index is 6.72. The SMILES string of the molecule is C1=C(c2cccc(-c3ccccc3)c2)N=C(c2ccc3oc4cc5c(cc4c3c2)C2(c3ccccc3-c3ccccc32)c2ccccc2-5)N=C(c2ccccc2)CC1. The third kappa shape index (κ3) is 4.86. The van der Waals surface area contributed by atoms with Gasteiger partial charge in [-0.25, -0.2) is 9.98 Å². The van der Waals surface area contributed by atoms with E-state index in [2.05, 4.69) is 194 Å². The monoisotopic (exact) mass is 740 g/mol. The maximum absolute atomic E-state index is 6.72. The van der Waals surface area contributed by atoms with Crippen molar-refractivity contribution in [2.24, 2.45) is 9.98 Å². The molecular formula is C55H36N2O. The van der Waals surface area contributed by atoms with Crippen LogP contribution in [0.1, 0.15) is 51.8 Å². The fourth-order valence-electron chi connectivity index (χ4n) is 9.85. The molecule has 2 heterocycles. The van der Waals surface area contributed by atoms with E-state index in [0.717, 1.165) is 68.4 Å². The summed E-state index contributed by atoms with van der Waals surface area (Å²) in [6.45, 7) is 0. The van der Waals surface area contributed by atoms with Crippen LogP contribution in [0.25, 0.3) is 61.0 Å². The number of fused-ring (bicyclic) bond motifs is 13. The van der Waals surface area contributed by atoms with E-state index in [-0.39, 0.29) is 0 Å². The highest BCUT2D eigenvalue weighted by molar-refractivity contribution is 6.17. The molecule has 3 nitrogen and oxygen atoms in total. The number of aliphatic imine (C=N–C) groups is 2. The average Bonchev–Trinajstić information content (AvgIpc) is 3.89. The van der Waals surface area contributed by atoms with E-state index in [1.54, 1.807) is 0 Å². The molecule has 8 aromatic carbocycles. The van der Waals surface area contributed by atoms with Gasteiger partial charge in [0.15, 0.2) is 5.84 Å². The van der Waals surface area contributed by atoms with Gasteiger partial charge in [0, 0.05) is 21.9 Å². The Morgan fingerprint density at radius 3 is 1.69 bits per heavy atom. The van der Waals surface area contributed by atoms with Crippen molar-refractivity contribution in [2.75, 3.05) is 0 Å². The predicted octanol–water partition coefficient (Wildman–Crippen LogP) is 13.7. The van der Waals surface area contributed by atoms with Crippen LogP contribution >= 0.6 is 0 Å². The lowest BCUT2D eigenvalue weighted by molar-refractivity contribution is 0.668. The van der Waals surface area contributed by atoms with Crippen LogP contribution in [0.15, 0.2) is 209 Å². The van der Waals surface area contributed by atoms with Gasteiger partial charge in [0.1, 0.15) is 11.2 Å². The molecule has 0 saturated heterocycles. The van der Waals surface area contributed by atoms with Crippen LogP contribution in [0.4, 0.5) is 0 Å². The molecule has 0 N–H and O–H groups in total. The zero-order valence-electron chi connectivity index (χ0n) is 31.7. The van der Waals surface area contributed by atoms with Crippen molar-refractivity contribution in [3.63, 3.8) is 0 Å². The summed E-state index contributed by atoms with van der Waals surface area (Å²) in [5.74, 6) is 0.690. The summed E-state index contributed by atoms with van der Waals surface area (Å²) in [5, 5.41) is 2.15. The molecule has 0 atom stereocenters. The Balaban J connectivity index is 1.06. The first-order valence-corrected chi connectivity index (χ1v) is 20.1. The summed E-state index contributed by atoms with van der Waals surface area (Å²) in [7, 11) is 0. The van der Waals surface area contributed by atoms with E-state index in [0.29, 0.717) is 5.84 Å². The molecular weight excluding hydrogens is 705 g/mol. The van der Waals surface area contributed by atoms with Crippen molar-refractivity contribution < 1.29 is 4.42 Å². The smallest absolute Gasteiger partial charge is 0.160 e. The number of hydrogen-bond donors (Lipinski definition) is 0. The number of nitrogens with zero attached hydrogens (tertiary/aromatic N) is 2. The molecule has 0 radical (unpaired) electrons. The highest BCUT2D eigenvalue weighted by Crippen LogP contribution is 2.63. The molecule has 1 aliphatic heterocycles. The van der Waals surface area contributed by atoms with Crippen LogP contribution in [0.3, 0.4) is 0 Å². The van der Waals surface area contributed by atoms with E-state index in [9.17, 15) is 0 Å². The largest absolute Gasteiger partial charge is 0.456 e. The van der Waals surface area contributed by atoms with E-state index in [1.807, 2.05) is 0 Å². The van der Waals surface area contributed by atoms with Gasteiger partial charge in [0.05, 0.1) is 16.8 Å². The summed E-state index contributed by atoms with van der Waals surface area (Å²) in [5.41, 5.74) is 19.1. The molecule has 272 valence electrons. The first kappa shape index (κ1) is 32.8. The lowest BCUT2D eigenvalue weighted by Gasteiger charge is -2.30. The van der Waals surface area contributed by atoms with Crippen molar-refractivity contribution in [3.8, 4) is 33.4 Å². The molecule has 0 amide bonds. The predicted molar refractivity (Wildman–Crippen MR) is 239 cm³/mol. The maximum Gasteiger partial charge on any atom is 0.160 e. The Bertz CT molecular complexity index is 3170. The Morgan fingerprint density at radius 1 is 0.397 bits per heavy atom. The van der Waals surface area contributed by atoms with E-state index in [1.165, 1.54) is 50.1 Å². The van der Waals surface area contributed by atoms with Gasteiger partial charge in [-0.05, 0) is 110 Å². The Labute approximate surface area is 337 Å². The molecule has 0 unspecified atom stereocenters. The second kappa shape index (κ2) is 12.8. The lowest BCUT2D eigenvalue weighted by Crippen LogP contribution is -2.25. The number of hydrogen-bond acceptors (Lipinski definition) is 3. The standard InChI is InChI=1S/C55H36N2O/c1-3-15-35(16-4-1)37-19-13-20-38(31-37)51-28-14-27-50(36-17-5-2-6-18-36)56-54(57-51)39-29-30-52-44(32-39)45-33-49-43(34-53(45)58-52)42-23-9-12-26-48(42)55(49)46-24-10-7-21-40(46)41-22-8-11-25-47(41)55/h1-13,15-26,28-34H,14,27H2. The minimum Gasteiger partial charge on any atom is -0.456 e. The summed E-state index contributed by atoms with van der Waals surface area (Å²) < 4.78 is 6.72. The van der Waals surface area contributed by atoms with Gasteiger partial charge in [0.25, 0.3) is 0 Å². The molecule has 0 saturated carbocycles. The number of rotatable bonds is 4. The van der Waals surface area contributed by atoms with Gasteiger partial charge in [-0.3, -0.25) is 0 Å². The lowest BCUT2D eigenvalue weighted by atomic mass is 9.70. The Hall–Kier alpha value is -7.36. The molecule has 3 aliphatic rings. The molecule has 12 rings (SSSR count). The van der Waals surface area contributed by atoms with E-state index < -0.39 is 5.41 Å². The summed E-state index contributed by atoms with van der Waals surface area (Å²) >= 11 is 0. The van der Waals surface area contributed by atoms with Gasteiger partial charge in [-0.2, -0.15) is 0 Å². The summed E-state index contributed by atoms with van der Waals surface area (Å²) in [6, 6.07) is 67.7. The molecule has 3 heteroatoms. The van der Waals surface area contributed by atoms with Crippen molar-refractivity contribution in [1.82, 2.24) is 0 Å². The van der Waals surface area contributed by atoms with Crippen LogP contribution < -0.4 is 0 Å². The highest BCUT2D eigenvalue weighted by Gasteiger charge is 2.51. The summed E-state index contributed by atoms with van der Waals surface area (Å²) in [6.07, 6.45) is 3.91. The Kier molecular flexibility index (Phi) is 7.27. The zero-order chi connectivity index (χ0) is 38.2. The van der Waals surface area contributed by atoms with Crippen molar-refractivity contribution in [1.29, 1.82) is 0 Å². The third-order valence-corrected chi connectivity index (χ3v) is 12.4. The van der Waals surface area contributed by atoms with E-state index >= 15 is 0 Å². The number of allylic oxidation sites excluding steroid dienone is 1. The molecule has 58 heavy (non-hydrogen) atoms. The molecule has 1 aromatic heterocycles. The fourth-order valence-corrected chi connectivity index (χ4v) is 9.85. The van der Waals surface area contributed by atoms with Gasteiger partial charge >= 0.3 is 0 Å². The third-order valence-electron chi connectivity index (χ3n) is 12.4. The number of amidine groups is 1. The number of furan rings is 1. The molecule has 0 fully saturated rings. The van der Waals surface area contributed by atoms with Crippen molar-refractivity contribution in [3.05, 3.63) is 233 Å². The first-order chi connectivity index (χ1) is 28.7. The van der Waals surface area contributed by atoms with Gasteiger partial charge < -0.3 is 4.42 Å². The molecule has 9 aromatic rings. The van der Waals surface area contributed by atoms with Crippen LogP contribution in [-0.4, -0.2) is 11.5 Å². The second-order valence-electron chi connectivity index (χ2n) is 15.5. The fraction of sp³-hybridized carbons (Fsp3) is 0.0545. The van der Waals surface area contributed by atoms with Crippen LogP contribution in [0, 0.1) is 0 Å². The topological polar surface area (TPSA) is 37.9 Å². The van der Waals surface area contributed by atoms with Gasteiger partial charge in [-0.15, -0.1) is 0 Å². The van der Waals surface area contributed by atoms with Crippen molar-refractivity contribution >= 4 is 39.2 Å². The van der Waals surface area contributed by atoms with Crippen LogP contribution in [0.5, 0.6) is 0 Å². The highest BCUT2D eigenvalue weighted by atomic mass is 16.3. The minimum atomic E-state index is -0.430. The molecule has 0 bridgehead atoms. The summed E-state index contributed by atoms with van der Waals surface area (Å²) in [4.78, 5) is 10.8. The molecule has 1 spiro atoms.